The lowest BCUT2D eigenvalue weighted by Crippen LogP contribution is -2.01. The molecule has 0 amide bonds. The van der Waals surface area contributed by atoms with Gasteiger partial charge >= 0.3 is 0 Å². The van der Waals surface area contributed by atoms with Gasteiger partial charge in [0, 0.05) is 0 Å². The Balaban J connectivity index is 1.46. The predicted octanol–water partition coefficient (Wildman–Crippen LogP) is 13.5. The van der Waals surface area contributed by atoms with Gasteiger partial charge in [0.2, 0.25) is 0 Å². The summed E-state index contributed by atoms with van der Waals surface area (Å²) in [6, 6.07) is 1.75. The lowest BCUT2D eigenvalue weighted by atomic mass is 9.91. The number of benzene rings is 1. The highest BCUT2D eigenvalue weighted by Gasteiger charge is 2.34. The molecule has 256 valence electrons. The third-order valence-electron chi connectivity index (χ3n) is 10.9. The molecule has 1 fully saturated rings. The van der Waals surface area contributed by atoms with Gasteiger partial charge in [0.1, 0.15) is 11.5 Å². The van der Waals surface area contributed by atoms with Crippen LogP contribution in [0.5, 0.6) is 11.5 Å². The van der Waals surface area contributed by atoms with E-state index < -0.39 is 0 Å². The number of aryl methyl sites for hydroxylation is 1. The molecule has 0 saturated heterocycles. The predicted molar refractivity (Wildman–Crippen MR) is 198 cm³/mol. The van der Waals surface area contributed by atoms with E-state index in [0.717, 1.165) is 53.2 Å². The van der Waals surface area contributed by atoms with Crippen LogP contribution in [0.2, 0.25) is 0 Å². The van der Waals surface area contributed by atoms with Gasteiger partial charge in [0.25, 0.3) is 0 Å². The van der Waals surface area contributed by atoms with E-state index in [1.807, 2.05) is 13.8 Å². The van der Waals surface area contributed by atoms with Crippen molar-refractivity contribution in [2.75, 3.05) is 0 Å². The highest BCUT2D eigenvalue weighted by molar-refractivity contribution is 5.51. The van der Waals surface area contributed by atoms with Crippen LogP contribution in [0, 0.1) is 43.4 Å². The molecule has 5 atom stereocenters. The Morgan fingerprint density at radius 3 is 2.07 bits per heavy atom. The lowest BCUT2D eigenvalue weighted by Gasteiger charge is -2.16. The summed E-state index contributed by atoms with van der Waals surface area (Å²) >= 11 is 0. The van der Waals surface area contributed by atoms with E-state index in [4.69, 9.17) is 0 Å². The van der Waals surface area contributed by atoms with Crippen molar-refractivity contribution in [3.05, 3.63) is 58.2 Å². The number of allylic oxidation sites excluding steroid dienone is 5. The van der Waals surface area contributed by atoms with Crippen LogP contribution >= 0.6 is 0 Å². The summed E-state index contributed by atoms with van der Waals surface area (Å²) in [6.45, 7) is 22.1. The number of phenols is 2. The van der Waals surface area contributed by atoms with Crippen molar-refractivity contribution in [2.24, 2.45) is 29.6 Å². The molecule has 1 aliphatic carbocycles. The Morgan fingerprint density at radius 2 is 1.38 bits per heavy atom. The van der Waals surface area contributed by atoms with E-state index in [2.05, 4.69) is 60.3 Å². The maximum atomic E-state index is 10.4. The Kier molecular flexibility index (Phi) is 18.3. The summed E-state index contributed by atoms with van der Waals surface area (Å²) in [7, 11) is 0. The molecule has 2 N–H and O–H groups in total. The quantitative estimate of drug-likeness (QED) is 0.0891. The highest BCUT2D eigenvalue weighted by atomic mass is 16.3. The van der Waals surface area contributed by atoms with E-state index >= 15 is 0 Å². The van der Waals surface area contributed by atoms with Gasteiger partial charge in [0.15, 0.2) is 0 Å². The molecular formula is C43H72O2. The Hall–Kier alpha value is -1.96. The molecule has 4 unspecified atom stereocenters. The molecule has 1 aliphatic rings. The molecule has 1 saturated carbocycles. The fourth-order valence-corrected chi connectivity index (χ4v) is 7.03. The standard InChI is InChI=1S/C43H72O2/c1-31(2)15-10-16-32(3)19-12-21-35(6)25-27-40-29-39(40)24-14-23-34(5)18-11-17-33(4)20-13-22-36(7)26-28-41-30-42(44)37(8)38(9)43(41)45/h15,25,30,32-33,36,39-40,44-45H,5,10-14,16-24,26-29H2,1-4,6-9H3/b35-25-/t32?,33?,36?,39?,40-/m1/s1. The van der Waals surface area contributed by atoms with Gasteiger partial charge < -0.3 is 10.2 Å². The van der Waals surface area contributed by atoms with Crippen molar-refractivity contribution in [1.29, 1.82) is 0 Å². The van der Waals surface area contributed by atoms with Crippen molar-refractivity contribution in [3.63, 3.8) is 0 Å². The van der Waals surface area contributed by atoms with Gasteiger partial charge in [-0.1, -0.05) is 88.3 Å². The summed E-state index contributed by atoms with van der Waals surface area (Å²) in [5.41, 5.74) is 7.00. The molecule has 1 aromatic rings. The largest absolute Gasteiger partial charge is 0.508 e. The zero-order valence-corrected chi connectivity index (χ0v) is 30.9. The molecule has 0 bridgehead atoms. The molecule has 2 nitrogen and oxygen atoms in total. The zero-order chi connectivity index (χ0) is 33.4. The van der Waals surface area contributed by atoms with Crippen LogP contribution in [0.15, 0.2) is 41.5 Å². The third-order valence-corrected chi connectivity index (χ3v) is 10.9. The van der Waals surface area contributed by atoms with Crippen LogP contribution in [0.25, 0.3) is 0 Å². The van der Waals surface area contributed by atoms with Crippen LogP contribution in [-0.2, 0) is 6.42 Å². The summed E-state index contributed by atoms with van der Waals surface area (Å²) in [4.78, 5) is 0. The van der Waals surface area contributed by atoms with Crippen LogP contribution in [0.3, 0.4) is 0 Å². The molecule has 0 radical (unpaired) electrons. The molecule has 0 spiro atoms. The SMILES string of the molecule is C=C(CCCC(C)CCCC(C)CCc1cc(O)c(C)c(C)c1O)CCCC1C[C@H]1C/C=C(/C)CCCC(C)CCC=C(C)C. The van der Waals surface area contributed by atoms with Crippen LogP contribution < -0.4 is 0 Å². The fraction of sp³-hybridized carbons (Fsp3) is 0.721. The number of hydrogen-bond acceptors (Lipinski definition) is 2. The van der Waals surface area contributed by atoms with E-state index in [-0.39, 0.29) is 0 Å². The van der Waals surface area contributed by atoms with Crippen molar-refractivity contribution >= 4 is 0 Å². The van der Waals surface area contributed by atoms with Gasteiger partial charge in [-0.2, -0.15) is 0 Å². The summed E-state index contributed by atoms with van der Waals surface area (Å²) in [6.07, 6.45) is 27.8. The second kappa shape index (κ2) is 21.0. The maximum absolute atomic E-state index is 10.4. The molecule has 2 heteroatoms. The minimum absolute atomic E-state index is 0.298. The van der Waals surface area contributed by atoms with Crippen LogP contribution in [-0.4, -0.2) is 10.2 Å². The maximum Gasteiger partial charge on any atom is 0.122 e. The lowest BCUT2D eigenvalue weighted by molar-refractivity contribution is 0.401. The second-order valence-corrected chi connectivity index (χ2v) is 15.8. The average Bonchev–Trinajstić information content (AvgIpc) is 3.74. The molecule has 45 heavy (non-hydrogen) atoms. The number of rotatable bonds is 24. The normalized spacial score (nSPS) is 18.4. The molecular weight excluding hydrogens is 548 g/mol. The van der Waals surface area contributed by atoms with Crippen LogP contribution in [0.4, 0.5) is 0 Å². The first-order chi connectivity index (χ1) is 21.4. The number of aromatic hydroxyl groups is 2. The molecule has 0 aliphatic heterocycles. The van der Waals surface area contributed by atoms with Gasteiger partial charge in [0.05, 0.1) is 0 Å². The number of phenolic OH excluding ortho intramolecular Hbond substituents is 2. The Bertz CT molecular complexity index is 1070. The van der Waals surface area contributed by atoms with Gasteiger partial charge in [-0.3, -0.25) is 0 Å². The van der Waals surface area contributed by atoms with Gasteiger partial charge in [-0.05, 0) is 170 Å². The van der Waals surface area contributed by atoms with Crippen molar-refractivity contribution in [3.8, 4) is 11.5 Å². The second-order valence-electron chi connectivity index (χ2n) is 15.8. The van der Waals surface area contributed by atoms with Crippen molar-refractivity contribution in [2.45, 2.75) is 171 Å². The summed E-state index contributed by atoms with van der Waals surface area (Å²) < 4.78 is 0. The fourth-order valence-electron chi connectivity index (χ4n) is 7.03. The first-order valence-corrected chi connectivity index (χ1v) is 18.8. The number of hydrogen-bond donors (Lipinski definition) is 2. The molecule has 1 aromatic carbocycles. The van der Waals surface area contributed by atoms with E-state index in [1.165, 1.54) is 114 Å². The van der Waals surface area contributed by atoms with Gasteiger partial charge in [-0.25, -0.2) is 0 Å². The first kappa shape index (κ1) is 39.2. The molecule has 0 heterocycles. The topological polar surface area (TPSA) is 40.5 Å². The molecule has 0 aromatic heterocycles. The first-order valence-electron chi connectivity index (χ1n) is 18.8. The summed E-state index contributed by atoms with van der Waals surface area (Å²) in [5, 5.41) is 20.6. The third kappa shape index (κ3) is 16.4. The van der Waals surface area contributed by atoms with E-state index in [1.54, 1.807) is 11.6 Å². The van der Waals surface area contributed by atoms with Crippen molar-refractivity contribution in [1.82, 2.24) is 0 Å². The average molecular weight is 621 g/mol. The Morgan fingerprint density at radius 1 is 0.778 bits per heavy atom. The van der Waals surface area contributed by atoms with Crippen molar-refractivity contribution < 1.29 is 10.2 Å². The van der Waals surface area contributed by atoms with Gasteiger partial charge in [-0.15, -0.1) is 0 Å². The summed E-state index contributed by atoms with van der Waals surface area (Å²) in [5.74, 6) is 4.84. The van der Waals surface area contributed by atoms with E-state index in [9.17, 15) is 10.2 Å². The zero-order valence-electron chi connectivity index (χ0n) is 30.9. The van der Waals surface area contributed by atoms with Crippen LogP contribution in [0.1, 0.15) is 167 Å². The van der Waals surface area contributed by atoms with E-state index in [0.29, 0.717) is 17.4 Å². The minimum atomic E-state index is 0.298. The smallest absolute Gasteiger partial charge is 0.122 e. The minimum Gasteiger partial charge on any atom is -0.508 e. The Labute approximate surface area is 279 Å². The highest BCUT2D eigenvalue weighted by Crippen LogP contribution is 2.45. The molecule has 2 rings (SSSR count). The monoisotopic (exact) mass is 621 g/mol.